The Morgan fingerprint density at radius 3 is 3.00 bits per heavy atom. The number of ether oxygens (including phenoxy) is 1. The van der Waals surface area contributed by atoms with Crippen LogP contribution in [0.5, 0.6) is 0 Å². The third-order valence-electron chi connectivity index (χ3n) is 2.38. The summed E-state index contributed by atoms with van der Waals surface area (Å²) in [6, 6.07) is 4.44. The quantitative estimate of drug-likeness (QED) is 0.645. The molecule has 0 bridgehead atoms. The van der Waals surface area contributed by atoms with Crippen LogP contribution in [0.2, 0.25) is 5.02 Å². The number of benzene rings is 1. The molecule has 20 heavy (non-hydrogen) atoms. The summed E-state index contributed by atoms with van der Waals surface area (Å²) in [5, 5.41) is 21.2. The molecular formula is C11H11ClN4O4. The maximum absolute atomic E-state index is 10.8. The summed E-state index contributed by atoms with van der Waals surface area (Å²) in [6.45, 7) is 0.466. The molecule has 0 saturated heterocycles. The van der Waals surface area contributed by atoms with Crippen LogP contribution in [0.4, 0.5) is 17.4 Å². The summed E-state index contributed by atoms with van der Waals surface area (Å²) < 4.78 is 10.2. The van der Waals surface area contributed by atoms with Crippen LogP contribution < -0.4 is 5.32 Å². The topological polar surface area (TPSA) is 103 Å². The Morgan fingerprint density at radius 2 is 2.30 bits per heavy atom. The van der Waals surface area contributed by atoms with Crippen LogP contribution in [0.3, 0.4) is 0 Å². The molecule has 8 nitrogen and oxygen atoms in total. The van der Waals surface area contributed by atoms with Crippen molar-refractivity contribution in [3.63, 3.8) is 0 Å². The third kappa shape index (κ3) is 3.43. The zero-order chi connectivity index (χ0) is 14.5. The van der Waals surface area contributed by atoms with Crippen molar-refractivity contribution in [2.24, 2.45) is 0 Å². The Hall–Kier alpha value is -2.19. The van der Waals surface area contributed by atoms with E-state index in [-0.39, 0.29) is 16.7 Å². The van der Waals surface area contributed by atoms with Gasteiger partial charge in [0.05, 0.1) is 11.5 Å². The fourth-order valence-corrected chi connectivity index (χ4v) is 1.63. The van der Waals surface area contributed by atoms with Gasteiger partial charge < -0.3 is 14.5 Å². The fourth-order valence-electron chi connectivity index (χ4n) is 1.45. The van der Waals surface area contributed by atoms with Crippen LogP contribution in [-0.4, -0.2) is 28.8 Å². The first-order chi connectivity index (χ1) is 9.60. The predicted octanol–water partition coefficient (Wildman–Crippen LogP) is 2.56. The normalized spacial score (nSPS) is 10.5. The van der Waals surface area contributed by atoms with E-state index >= 15 is 0 Å². The van der Waals surface area contributed by atoms with Gasteiger partial charge in [-0.3, -0.25) is 10.1 Å². The molecule has 0 spiro atoms. The SMILES string of the molecule is COCCc1nnc(Nc2ccc(Cl)c([N+](=O)[O-])c2)o1. The summed E-state index contributed by atoms with van der Waals surface area (Å²) >= 11 is 5.72. The lowest BCUT2D eigenvalue weighted by molar-refractivity contribution is -0.384. The highest BCUT2D eigenvalue weighted by Gasteiger charge is 2.14. The lowest BCUT2D eigenvalue weighted by Crippen LogP contribution is -1.94. The van der Waals surface area contributed by atoms with Gasteiger partial charge in [-0.25, -0.2) is 0 Å². The standard InChI is InChI=1S/C11H11ClN4O4/c1-19-5-4-10-14-15-11(20-10)13-7-2-3-8(12)9(6-7)16(17)18/h2-3,6H,4-5H2,1H3,(H,13,15). The first-order valence-electron chi connectivity index (χ1n) is 5.62. The van der Waals surface area contributed by atoms with Gasteiger partial charge >= 0.3 is 6.01 Å². The number of aromatic nitrogens is 2. The number of rotatable bonds is 6. The second kappa shape index (κ2) is 6.31. The smallest absolute Gasteiger partial charge is 0.320 e. The highest BCUT2D eigenvalue weighted by molar-refractivity contribution is 6.32. The van der Waals surface area contributed by atoms with Crippen molar-refractivity contribution in [1.29, 1.82) is 0 Å². The van der Waals surface area contributed by atoms with E-state index in [0.717, 1.165) is 0 Å². The van der Waals surface area contributed by atoms with E-state index in [1.165, 1.54) is 12.1 Å². The predicted molar refractivity (Wildman–Crippen MR) is 71.3 cm³/mol. The van der Waals surface area contributed by atoms with Gasteiger partial charge in [-0.15, -0.1) is 5.10 Å². The largest absolute Gasteiger partial charge is 0.408 e. The number of nitrogens with one attached hydrogen (secondary N) is 1. The zero-order valence-corrected chi connectivity index (χ0v) is 11.3. The number of nitro benzene ring substituents is 1. The van der Waals surface area contributed by atoms with E-state index in [1.807, 2.05) is 0 Å². The van der Waals surface area contributed by atoms with E-state index < -0.39 is 4.92 Å². The van der Waals surface area contributed by atoms with E-state index in [9.17, 15) is 10.1 Å². The molecule has 2 rings (SSSR count). The van der Waals surface area contributed by atoms with E-state index in [4.69, 9.17) is 20.8 Å². The molecule has 1 N–H and O–H groups in total. The van der Waals surface area contributed by atoms with Gasteiger partial charge in [0.15, 0.2) is 0 Å². The van der Waals surface area contributed by atoms with Crippen molar-refractivity contribution in [3.8, 4) is 0 Å². The number of hydrogen-bond acceptors (Lipinski definition) is 7. The molecule has 0 radical (unpaired) electrons. The monoisotopic (exact) mass is 298 g/mol. The van der Waals surface area contributed by atoms with E-state index in [0.29, 0.717) is 24.6 Å². The molecule has 9 heteroatoms. The molecule has 0 saturated carbocycles. The number of nitro groups is 1. The van der Waals surface area contributed by atoms with Gasteiger partial charge in [0.1, 0.15) is 5.02 Å². The van der Waals surface area contributed by atoms with Crippen LogP contribution in [0.25, 0.3) is 0 Å². The molecule has 0 fully saturated rings. The Labute approximate surface area is 118 Å². The number of hydrogen-bond donors (Lipinski definition) is 1. The van der Waals surface area contributed by atoms with Gasteiger partial charge in [-0.2, -0.15) is 0 Å². The minimum Gasteiger partial charge on any atom is -0.408 e. The zero-order valence-electron chi connectivity index (χ0n) is 10.5. The molecular weight excluding hydrogens is 288 g/mol. The number of halogens is 1. The van der Waals surface area contributed by atoms with Crippen molar-refractivity contribution >= 4 is 29.0 Å². The maximum Gasteiger partial charge on any atom is 0.320 e. The molecule has 1 heterocycles. The fraction of sp³-hybridized carbons (Fsp3) is 0.273. The van der Waals surface area contributed by atoms with Crippen molar-refractivity contribution in [1.82, 2.24) is 10.2 Å². The Bertz CT molecular complexity index is 616. The first-order valence-corrected chi connectivity index (χ1v) is 6.00. The summed E-state index contributed by atoms with van der Waals surface area (Å²) in [5.74, 6) is 0.415. The number of nitrogens with zero attached hydrogens (tertiary/aromatic N) is 3. The molecule has 106 valence electrons. The van der Waals surface area contributed by atoms with Crippen LogP contribution in [0.1, 0.15) is 5.89 Å². The average molecular weight is 299 g/mol. The second-order valence-electron chi connectivity index (χ2n) is 3.79. The molecule has 0 aliphatic heterocycles. The molecule has 0 amide bonds. The summed E-state index contributed by atoms with van der Waals surface area (Å²) in [5.41, 5.74) is 0.235. The highest BCUT2D eigenvalue weighted by Crippen LogP contribution is 2.28. The van der Waals surface area contributed by atoms with Gasteiger partial charge in [0.2, 0.25) is 5.89 Å². The molecule has 1 aromatic heterocycles. The third-order valence-corrected chi connectivity index (χ3v) is 2.70. The molecule has 0 atom stereocenters. The lowest BCUT2D eigenvalue weighted by atomic mass is 10.3. The average Bonchev–Trinajstić information content (AvgIpc) is 2.86. The Morgan fingerprint density at radius 1 is 1.50 bits per heavy atom. The van der Waals surface area contributed by atoms with Crippen LogP contribution in [0.15, 0.2) is 22.6 Å². The molecule has 0 aliphatic carbocycles. The van der Waals surface area contributed by atoms with Gasteiger partial charge in [-0.05, 0) is 12.1 Å². The molecule has 2 aromatic rings. The summed E-state index contributed by atoms with van der Waals surface area (Å²) in [7, 11) is 1.57. The summed E-state index contributed by atoms with van der Waals surface area (Å²) in [4.78, 5) is 10.2. The minimum atomic E-state index is -0.564. The lowest BCUT2D eigenvalue weighted by Gasteiger charge is -2.01. The highest BCUT2D eigenvalue weighted by atomic mass is 35.5. The Kier molecular flexibility index (Phi) is 4.49. The summed E-state index contributed by atoms with van der Waals surface area (Å²) in [6.07, 6.45) is 0.492. The second-order valence-corrected chi connectivity index (χ2v) is 4.20. The molecule has 0 unspecified atom stereocenters. The van der Waals surface area contributed by atoms with E-state index in [2.05, 4.69) is 15.5 Å². The molecule has 1 aromatic carbocycles. The van der Waals surface area contributed by atoms with Gasteiger partial charge in [-0.1, -0.05) is 16.7 Å². The van der Waals surface area contributed by atoms with E-state index in [1.54, 1.807) is 13.2 Å². The van der Waals surface area contributed by atoms with Crippen molar-refractivity contribution in [3.05, 3.63) is 39.2 Å². The Balaban J connectivity index is 2.11. The van der Waals surface area contributed by atoms with Crippen LogP contribution >= 0.6 is 11.6 Å². The first kappa shape index (κ1) is 14.2. The number of anilines is 2. The van der Waals surface area contributed by atoms with Crippen molar-refractivity contribution in [2.75, 3.05) is 19.0 Å². The van der Waals surface area contributed by atoms with Crippen molar-refractivity contribution in [2.45, 2.75) is 6.42 Å². The van der Waals surface area contributed by atoms with Crippen molar-refractivity contribution < 1.29 is 14.1 Å². The maximum atomic E-state index is 10.8. The number of methoxy groups -OCH3 is 1. The van der Waals surface area contributed by atoms with Crippen LogP contribution in [-0.2, 0) is 11.2 Å². The van der Waals surface area contributed by atoms with Gasteiger partial charge in [0, 0.05) is 25.3 Å². The molecule has 0 aliphatic rings. The van der Waals surface area contributed by atoms with Gasteiger partial charge in [0.25, 0.3) is 5.69 Å². The van der Waals surface area contributed by atoms with Crippen LogP contribution in [0, 0.1) is 10.1 Å². The minimum absolute atomic E-state index is 0.0619.